The normalized spacial score (nSPS) is 23.6. The van der Waals surface area contributed by atoms with Crippen LogP contribution in [0.2, 0.25) is 5.02 Å². The van der Waals surface area contributed by atoms with Crippen LogP contribution < -0.4 is 11.1 Å². The van der Waals surface area contributed by atoms with Gasteiger partial charge in [0.05, 0.1) is 10.6 Å². The average molecular weight is 308 g/mol. The van der Waals surface area contributed by atoms with Crippen LogP contribution in [0.4, 0.5) is 19.0 Å². The number of anilines is 1. The maximum Gasteiger partial charge on any atom is 0.417 e. The van der Waals surface area contributed by atoms with Crippen LogP contribution in [0.5, 0.6) is 0 Å². The summed E-state index contributed by atoms with van der Waals surface area (Å²) in [7, 11) is 0. The van der Waals surface area contributed by atoms with Crippen molar-refractivity contribution in [1.29, 1.82) is 0 Å². The van der Waals surface area contributed by atoms with E-state index in [1.54, 1.807) is 0 Å². The molecule has 1 aliphatic rings. The van der Waals surface area contributed by atoms with Crippen molar-refractivity contribution in [3.63, 3.8) is 0 Å². The molecule has 1 fully saturated rings. The van der Waals surface area contributed by atoms with E-state index in [0.29, 0.717) is 18.3 Å². The van der Waals surface area contributed by atoms with E-state index in [1.807, 2.05) is 0 Å². The third-order valence-corrected chi connectivity index (χ3v) is 3.99. The Hall–Kier alpha value is -1.01. The van der Waals surface area contributed by atoms with Gasteiger partial charge in [0.15, 0.2) is 0 Å². The van der Waals surface area contributed by atoms with Crippen LogP contribution in [0.25, 0.3) is 0 Å². The molecule has 1 saturated carbocycles. The zero-order chi connectivity index (χ0) is 14.8. The first-order chi connectivity index (χ1) is 9.41. The van der Waals surface area contributed by atoms with Crippen molar-refractivity contribution in [2.75, 3.05) is 11.9 Å². The van der Waals surface area contributed by atoms with Crippen LogP contribution in [-0.2, 0) is 6.18 Å². The summed E-state index contributed by atoms with van der Waals surface area (Å²) < 4.78 is 37.6. The maximum atomic E-state index is 12.5. The van der Waals surface area contributed by atoms with Crippen molar-refractivity contribution < 1.29 is 13.2 Å². The third-order valence-electron chi connectivity index (χ3n) is 3.70. The van der Waals surface area contributed by atoms with Crippen molar-refractivity contribution in [1.82, 2.24) is 4.98 Å². The summed E-state index contributed by atoms with van der Waals surface area (Å²) in [5, 5.41) is 3.13. The Balaban J connectivity index is 2.13. The summed E-state index contributed by atoms with van der Waals surface area (Å²) in [5.74, 6) is 0.605. The molecule has 20 heavy (non-hydrogen) atoms. The van der Waals surface area contributed by atoms with E-state index in [1.165, 1.54) is 0 Å². The highest BCUT2D eigenvalue weighted by atomic mass is 35.5. The number of nitrogens with zero attached hydrogens (tertiary/aromatic N) is 1. The highest BCUT2D eigenvalue weighted by molar-refractivity contribution is 6.33. The molecule has 7 heteroatoms. The Labute approximate surface area is 120 Å². The molecule has 0 aliphatic heterocycles. The topological polar surface area (TPSA) is 50.9 Å². The van der Waals surface area contributed by atoms with Gasteiger partial charge in [-0.25, -0.2) is 4.98 Å². The molecule has 1 aromatic heterocycles. The predicted octanol–water partition coefficient (Wildman–Crippen LogP) is 3.68. The van der Waals surface area contributed by atoms with Gasteiger partial charge in [-0.3, -0.25) is 0 Å². The summed E-state index contributed by atoms with van der Waals surface area (Å²) in [6.07, 6.45) is 0.530. The number of hydrogen-bond donors (Lipinski definition) is 2. The Kier molecular flexibility index (Phi) is 4.75. The first kappa shape index (κ1) is 15.4. The van der Waals surface area contributed by atoms with Gasteiger partial charge < -0.3 is 11.1 Å². The Morgan fingerprint density at radius 3 is 2.65 bits per heavy atom. The lowest BCUT2D eigenvalue weighted by atomic mass is 9.84. The van der Waals surface area contributed by atoms with Crippen LogP contribution in [0.15, 0.2) is 12.3 Å². The lowest BCUT2D eigenvalue weighted by molar-refractivity contribution is -0.137. The number of aromatic nitrogens is 1. The molecule has 3 N–H and O–H groups in total. The van der Waals surface area contributed by atoms with E-state index in [0.717, 1.165) is 37.9 Å². The monoisotopic (exact) mass is 307 g/mol. The minimum Gasteiger partial charge on any atom is -0.366 e. The van der Waals surface area contributed by atoms with Crippen molar-refractivity contribution in [2.45, 2.75) is 37.9 Å². The molecule has 0 bridgehead atoms. The Morgan fingerprint density at radius 2 is 2.05 bits per heavy atom. The first-order valence-corrected chi connectivity index (χ1v) is 6.99. The Bertz CT molecular complexity index is 465. The van der Waals surface area contributed by atoms with Crippen molar-refractivity contribution in [2.24, 2.45) is 11.7 Å². The van der Waals surface area contributed by atoms with Gasteiger partial charge in [0.2, 0.25) is 0 Å². The molecule has 0 aromatic carbocycles. The summed E-state index contributed by atoms with van der Waals surface area (Å²) in [6, 6.07) is 1.02. The summed E-state index contributed by atoms with van der Waals surface area (Å²) in [6.45, 7) is 0.552. The number of alkyl halides is 3. The summed E-state index contributed by atoms with van der Waals surface area (Å²) >= 11 is 5.89. The molecule has 2 unspecified atom stereocenters. The zero-order valence-corrected chi connectivity index (χ0v) is 11.6. The lowest BCUT2D eigenvalue weighted by Crippen LogP contribution is -2.37. The number of nitrogens with two attached hydrogens (primary N) is 1. The van der Waals surface area contributed by atoms with Crippen LogP contribution in [-0.4, -0.2) is 17.6 Å². The van der Waals surface area contributed by atoms with Gasteiger partial charge in [-0.15, -0.1) is 0 Å². The van der Waals surface area contributed by atoms with Gasteiger partial charge in [0.25, 0.3) is 0 Å². The smallest absolute Gasteiger partial charge is 0.366 e. The van der Waals surface area contributed by atoms with Gasteiger partial charge >= 0.3 is 6.18 Å². The van der Waals surface area contributed by atoms with E-state index < -0.39 is 11.7 Å². The Morgan fingerprint density at radius 1 is 1.35 bits per heavy atom. The van der Waals surface area contributed by atoms with Gasteiger partial charge in [0.1, 0.15) is 5.82 Å². The molecule has 1 aromatic rings. The molecule has 2 rings (SSSR count). The standard InChI is InChI=1S/C13H17ClF3N3/c14-10-5-9(13(15,16)17)7-19-12(10)20-11-4-2-1-3-8(11)6-18/h5,7-8,11H,1-4,6,18H2,(H,19,20). The number of rotatable bonds is 3. The first-order valence-electron chi connectivity index (χ1n) is 6.61. The van der Waals surface area contributed by atoms with Crippen molar-refractivity contribution in [3.8, 4) is 0 Å². The number of halogens is 4. The van der Waals surface area contributed by atoms with Crippen LogP contribution in [0, 0.1) is 5.92 Å². The fourth-order valence-electron chi connectivity index (χ4n) is 2.55. The van der Waals surface area contributed by atoms with Gasteiger partial charge in [-0.2, -0.15) is 13.2 Å². The van der Waals surface area contributed by atoms with Crippen molar-refractivity contribution >= 4 is 17.4 Å². The SMILES string of the molecule is NCC1CCCCC1Nc1ncc(C(F)(F)F)cc1Cl. The predicted molar refractivity (Wildman–Crippen MR) is 72.7 cm³/mol. The average Bonchev–Trinajstić information content (AvgIpc) is 2.40. The third kappa shape index (κ3) is 3.55. The van der Waals surface area contributed by atoms with E-state index >= 15 is 0 Å². The van der Waals surface area contributed by atoms with E-state index in [4.69, 9.17) is 17.3 Å². The molecule has 0 radical (unpaired) electrons. The second kappa shape index (κ2) is 6.18. The number of nitrogens with one attached hydrogen (secondary N) is 1. The molecule has 112 valence electrons. The van der Waals surface area contributed by atoms with Crippen LogP contribution in [0.3, 0.4) is 0 Å². The quantitative estimate of drug-likeness (QED) is 0.895. The van der Waals surface area contributed by atoms with Crippen molar-refractivity contribution in [3.05, 3.63) is 22.8 Å². The fourth-order valence-corrected chi connectivity index (χ4v) is 2.78. The van der Waals surface area contributed by atoms with Crippen LogP contribution in [0.1, 0.15) is 31.2 Å². The molecule has 0 saturated heterocycles. The summed E-state index contributed by atoms with van der Waals surface area (Å²) in [4.78, 5) is 3.80. The highest BCUT2D eigenvalue weighted by Crippen LogP contribution is 2.33. The molecule has 2 atom stereocenters. The van der Waals surface area contributed by atoms with Gasteiger partial charge in [-0.05, 0) is 31.4 Å². The molecule has 0 amide bonds. The summed E-state index contributed by atoms with van der Waals surface area (Å²) in [5.41, 5.74) is 4.88. The molecule has 3 nitrogen and oxygen atoms in total. The zero-order valence-electron chi connectivity index (χ0n) is 10.9. The second-order valence-electron chi connectivity index (χ2n) is 5.08. The van der Waals surface area contributed by atoms with Gasteiger partial charge in [-0.1, -0.05) is 24.4 Å². The fraction of sp³-hybridized carbons (Fsp3) is 0.615. The van der Waals surface area contributed by atoms with Gasteiger partial charge in [0, 0.05) is 12.2 Å². The lowest BCUT2D eigenvalue weighted by Gasteiger charge is -2.32. The van der Waals surface area contributed by atoms with E-state index in [-0.39, 0.29) is 11.1 Å². The molecular formula is C13H17ClF3N3. The largest absolute Gasteiger partial charge is 0.417 e. The van der Waals surface area contributed by atoms with E-state index in [9.17, 15) is 13.2 Å². The highest BCUT2D eigenvalue weighted by Gasteiger charge is 2.32. The molecular weight excluding hydrogens is 291 g/mol. The number of pyridine rings is 1. The van der Waals surface area contributed by atoms with Crippen LogP contribution >= 0.6 is 11.6 Å². The molecule has 1 aliphatic carbocycles. The second-order valence-corrected chi connectivity index (χ2v) is 5.49. The molecule has 1 heterocycles. The molecule has 0 spiro atoms. The minimum atomic E-state index is -4.43. The van der Waals surface area contributed by atoms with E-state index in [2.05, 4.69) is 10.3 Å². The number of hydrogen-bond acceptors (Lipinski definition) is 3. The maximum absolute atomic E-state index is 12.5. The minimum absolute atomic E-state index is 0.0128.